The molecule has 0 bridgehead atoms. The van der Waals surface area contributed by atoms with Crippen LogP contribution >= 0.6 is 0 Å². The number of aryl methyl sites for hydroxylation is 2. The molecular formula is C26H29NO3. The first-order valence-electron chi connectivity index (χ1n) is 10.2. The summed E-state index contributed by atoms with van der Waals surface area (Å²) in [6.45, 7) is 3.19. The molecule has 4 nitrogen and oxygen atoms in total. The fourth-order valence-corrected chi connectivity index (χ4v) is 3.30. The summed E-state index contributed by atoms with van der Waals surface area (Å²) in [4.78, 5) is 15.0. The Balaban J connectivity index is 1.72. The molecule has 0 atom stereocenters. The zero-order valence-electron chi connectivity index (χ0n) is 17.9. The van der Waals surface area contributed by atoms with E-state index >= 15 is 0 Å². The lowest BCUT2D eigenvalue weighted by Crippen LogP contribution is -2.30. The molecule has 0 aliphatic rings. The van der Waals surface area contributed by atoms with E-state index in [4.69, 9.17) is 9.47 Å². The van der Waals surface area contributed by atoms with Gasteiger partial charge in [-0.25, -0.2) is 0 Å². The first kappa shape index (κ1) is 21.4. The van der Waals surface area contributed by atoms with E-state index in [9.17, 15) is 4.79 Å². The Bertz CT molecular complexity index is 882. The molecule has 3 rings (SSSR count). The molecule has 0 radical (unpaired) electrons. The first-order chi connectivity index (χ1) is 14.6. The number of nitrogens with zero attached hydrogens (tertiary/aromatic N) is 1. The second kappa shape index (κ2) is 10.5. The van der Waals surface area contributed by atoms with Crippen molar-refractivity contribution in [2.45, 2.75) is 32.9 Å². The third-order valence-electron chi connectivity index (χ3n) is 5.17. The van der Waals surface area contributed by atoms with Crippen molar-refractivity contribution in [3.8, 4) is 11.5 Å². The number of amides is 1. The highest BCUT2D eigenvalue weighted by Crippen LogP contribution is 2.18. The number of ether oxygens (including phenoxy) is 2. The Morgan fingerprint density at radius 1 is 0.700 bits per heavy atom. The Hall–Kier alpha value is -3.27. The highest BCUT2D eigenvalue weighted by Gasteiger charge is 2.15. The van der Waals surface area contributed by atoms with Crippen LogP contribution in [0, 0.1) is 6.92 Å². The molecule has 3 aromatic rings. The lowest BCUT2D eigenvalue weighted by molar-refractivity contribution is -0.132. The second-order valence-electron chi connectivity index (χ2n) is 7.43. The minimum atomic E-state index is 0.141. The van der Waals surface area contributed by atoms with Crippen LogP contribution in [0.4, 0.5) is 0 Å². The molecule has 1 amide bonds. The largest absolute Gasteiger partial charge is 0.497 e. The van der Waals surface area contributed by atoms with Crippen molar-refractivity contribution in [3.63, 3.8) is 0 Å². The minimum Gasteiger partial charge on any atom is -0.497 e. The normalized spacial score (nSPS) is 10.5. The summed E-state index contributed by atoms with van der Waals surface area (Å²) in [6.07, 6.45) is 1.22. The summed E-state index contributed by atoms with van der Waals surface area (Å²) in [5, 5.41) is 0. The molecule has 0 heterocycles. The summed E-state index contributed by atoms with van der Waals surface area (Å²) in [6, 6.07) is 24.1. The smallest absolute Gasteiger partial charge is 0.223 e. The topological polar surface area (TPSA) is 38.8 Å². The van der Waals surface area contributed by atoms with Crippen molar-refractivity contribution in [3.05, 3.63) is 95.1 Å². The molecule has 0 aliphatic heterocycles. The van der Waals surface area contributed by atoms with Crippen LogP contribution in [0.3, 0.4) is 0 Å². The number of methoxy groups -OCH3 is 2. The Morgan fingerprint density at radius 3 is 1.57 bits per heavy atom. The van der Waals surface area contributed by atoms with Crippen LogP contribution < -0.4 is 9.47 Å². The molecule has 0 aliphatic carbocycles. The van der Waals surface area contributed by atoms with Gasteiger partial charge in [0, 0.05) is 19.5 Å². The van der Waals surface area contributed by atoms with Gasteiger partial charge in [0.2, 0.25) is 5.91 Å². The average Bonchev–Trinajstić information content (AvgIpc) is 2.79. The van der Waals surface area contributed by atoms with Gasteiger partial charge in [-0.3, -0.25) is 4.79 Å². The summed E-state index contributed by atoms with van der Waals surface area (Å²) in [5.74, 6) is 1.76. The fraction of sp³-hybridized carbons (Fsp3) is 0.269. The molecule has 0 aromatic heterocycles. The highest BCUT2D eigenvalue weighted by molar-refractivity contribution is 5.76. The Labute approximate surface area is 179 Å². The lowest BCUT2D eigenvalue weighted by Gasteiger charge is -2.23. The molecule has 156 valence electrons. The molecular weight excluding hydrogens is 374 g/mol. The van der Waals surface area contributed by atoms with Gasteiger partial charge in [-0.1, -0.05) is 54.1 Å². The number of benzene rings is 3. The van der Waals surface area contributed by atoms with Crippen molar-refractivity contribution >= 4 is 5.91 Å². The van der Waals surface area contributed by atoms with E-state index < -0.39 is 0 Å². The van der Waals surface area contributed by atoms with Crippen LogP contribution in [-0.4, -0.2) is 25.0 Å². The van der Waals surface area contributed by atoms with Gasteiger partial charge >= 0.3 is 0 Å². The van der Waals surface area contributed by atoms with Crippen molar-refractivity contribution in [1.29, 1.82) is 0 Å². The maximum absolute atomic E-state index is 13.1. The zero-order chi connectivity index (χ0) is 21.3. The van der Waals surface area contributed by atoms with Gasteiger partial charge < -0.3 is 14.4 Å². The molecule has 0 spiro atoms. The number of carbonyl (C=O) groups is 1. The van der Waals surface area contributed by atoms with Crippen LogP contribution in [0.1, 0.15) is 28.7 Å². The van der Waals surface area contributed by atoms with Crippen molar-refractivity contribution in [2.75, 3.05) is 14.2 Å². The van der Waals surface area contributed by atoms with Crippen molar-refractivity contribution in [1.82, 2.24) is 4.90 Å². The summed E-state index contributed by atoms with van der Waals surface area (Å²) < 4.78 is 10.5. The molecule has 0 fully saturated rings. The van der Waals surface area contributed by atoms with E-state index in [1.807, 2.05) is 53.4 Å². The summed E-state index contributed by atoms with van der Waals surface area (Å²) in [7, 11) is 3.30. The van der Waals surface area contributed by atoms with Gasteiger partial charge in [-0.2, -0.15) is 0 Å². The van der Waals surface area contributed by atoms with Gasteiger partial charge in [-0.15, -0.1) is 0 Å². The number of rotatable bonds is 9. The van der Waals surface area contributed by atoms with Crippen LogP contribution in [0.15, 0.2) is 72.8 Å². The third kappa shape index (κ3) is 6.11. The highest BCUT2D eigenvalue weighted by atomic mass is 16.5. The second-order valence-corrected chi connectivity index (χ2v) is 7.43. The molecule has 0 saturated heterocycles. The van der Waals surface area contributed by atoms with Gasteiger partial charge in [0.25, 0.3) is 0 Å². The first-order valence-corrected chi connectivity index (χ1v) is 10.2. The lowest BCUT2D eigenvalue weighted by atomic mass is 10.1. The average molecular weight is 404 g/mol. The van der Waals surface area contributed by atoms with Crippen LogP contribution in [0.25, 0.3) is 0 Å². The van der Waals surface area contributed by atoms with Crippen molar-refractivity contribution < 1.29 is 14.3 Å². The van der Waals surface area contributed by atoms with E-state index in [-0.39, 0.29) is 5.91 Å². The standard InChI is InChI=1S/C26H29NO3/c1-20-4-6-21(7-5-20)12-17-26(28)27(18-22-8-13-24(29-2)14-9-22)19-23-10-15-25(30-3)16-11-23/h4-11,13-16H,12,17-19H2,1-3H3. The maximum atomic E-state index is 13.1. The molecule has 0 saturated carbocycles. The van der Waals surface area contributed by atoms with Gasteiger partial charge in [-0.05, 0) is 54.3 Å². The minimum absolute atomic E-state index is 0.141. The van der Waals surface area contributed by atoms with E-state index in [1.165, 1.54) is 11.1 Å². The molecule has 0 unspecified atom stereocenters. The maximum Gasteiger partial charge on any atom is 0.223 e. The number of hydrogen-bond donors (Lipinski definition) is 0. The van der Waals surface area contributed by atoms with Crippen LogP contribution in [0.5, 0.6) is 11.5 Å². The van der Waals surface area contributed by atoms with E-state index in [2.05, 4.69) is 31.2 Å². The SMILES string of the molecule is COc1ccc(CN(Cc2ccc(OC)cc2)C(=O)CCc2ccc(C)cc2)cc1. The van der Waals surface area contributed by atoms with Crippen LogP contribution in [-0.2, 0) is 24.3 Å². The molecule has 3 aromatic carbocycles. The summed E-state index contributed by atoms with van der Waals surface area (Å²) in [5.41, 5.74) is 4.56. The van der Waals surface area contributed by atoms with E-state index in [1.54, 1.807) is 14.2 Å². The monoisotopic (exact) mass is 403 g/mol. The van der Waals surface area contributed by atoms with Crippen LogP contribution in [0.2, 0.25) is 0 Å². The fourth-order valence-electron chi connectivity index (χ4n) is 3.30. The predicted octanol–water partition coefficient (Wildman–Crippen LogP) is 5.17. The summed E-state index contributed by atoms with van der Waals surface area (Å²) >= 11 is 0. The predicted molar refractivity (Wildman–Crippen MR) is 120 cm³/mol. The zero-order valence-corrected chi connectivity index (χ0v) is 17.9. The molecule has 0 N–H and O–H groups in total. The van der Waals surface area contributed by atoms with Gasteiger partial charge in [0.1, 0.15) is 11.5 Å². The Kier molecular flexibility index (Phi) is 7.50. The molecule has 4 heteroatoms. The number of carbonyl (C=O) groups excluding carboxylic acids is 1. The van der Waals surface area contributed by atoms with Crippen molar-refractivity contribution in [2.24, 2.45) is 0 Å². The van der Waals surface area contributed by atoms with Gasteiger partial charge in [0.15, 0.2) is 0 Å². The quantitative estimate of drug-likeness (QED) is 0.494. The third-order valence-corrected chi connectivity index (χ3v) is 5.17. The molecule has 30 heavy (non-hydrogen) atoms. The van der Waals surface area contributed by atoms with E-state index in [0.29, 0.717) is 19.5 Å². The Morgan fingerprint density at radius 2 is 1.13 bits per heavy atom. The van der Waals surface area contributed by atoms with E-state index in [0.717, 1.165) is 29.0 Å². The number of hydrogen-bond acceptors (Lipinski definition) is 3. The van der Waals surface area contributed by atoms with Gasteiger partial charge in [0.05, 0.1) is 14.2 Å².